The Morgan fingerprint density at radius 2 is 1.98 bits per heavy atom. The van der Waals surface area contributed by atoms with Crippen molar-refractivity contribution in [3.05, 3.63) is 71.3 Å². The number of piperidine rings is 1. The van der Waals surface area contributed by atoms with Gasteiger partial charge in [0, 0.05) is 42.7 Å². The Labute approximate surface area is 228 Å². The van der Waals surface area contributed by atoms with E-state index in [1.54, 1.807) is 19.2 Å². The monoisotopic (exact) mass is 552 g/mol. The van der Waals surface area contributed by atoms with E-state index in [0.717, 1.165) is 12.1 Å². The first kappa shape index (κ1) is 26.4. The van der Waals surface area contributed by atoms with Crippen molar-refractivity contribution in [3.63, 3.8) is 0 Å². The van der Waals surface area contributed by atoms with Crippen LogP contribution in [0.4, 0.5) is 13.2 Å². The molecule has 2 fully saturated rings. The van der Waals surface area contributed by atoms with Crippen molar-refractivity contribution in [2.75, 3.05) is 20.1 Å². The van der Waals surface area contributed by atoms with Crippen LogP contribution in [-0.2, 0) is 16.4 Å². The molecule has 1 spiro atoms. The van der Waals surface area contributed by atoms with Gasteiger partial charge in [0.2, 0.25) is 0 Å². The predicted octanol–water partition coefficient (Wildman–Crippen LogP) is 3.27. The number of rotatable bonds is 3. The van der Waals surface area contributed by atoms with E-state index in [-0.39, 0.29) is 29.3 Å². The average molecular weight is 553 g/mol. The van der Waals surface area contributed by atoms with Gasteiger partial charge < -0.3 is 19.8 Å². The molecular weight excluding hydrogens is 525 g/mol. The number of amides is 1. The maximum atomic E-state index is 13.8. The van der Waals surface area contributed by atoms with Crippen molar-refractivity contribution in [1.29, 1.82) is 0 Å². The minimum absolute atomic E-state index is 0.139. The average Bonchev–Trinajstić information content (AvgIpc) is 3.27. The van der Waals surface area contributed by atoms with Crippen LogP contribution in [0.15, 0.2) is 49.1 Å². The summed E-state index contributed by atoms with van der Waals surface area (Å²) in [5.74, 6) is 4.37. The normalized spacial score (nSPS) is 30.0. The third-order valence-electron chi connectivity index (χ3n) is 9.09. The molecule has 0 radical (unpaired) electrons. The number of alkyl halides is 3. The maximum absolute atomic E-state index is 13.8. The van der Waals surface area contributed by atoms with Gasteiger partial charge in [0.25, 0.3) is 5.91 Å². The van der Waals surface area contributed by atoms with Crippen molar-refractivity contribution in [2.45, 2.75) is 54.6 Å². The third kappa shape index (κ3) is 3.47. The van der Waals surface area contributed by atoms with Crippen LogP contribution >= 0.6 is 0 Å². The molecule has 10 heteroatoms. The van der Waals surface area contributed by atoms with E-state index in [1.807, 2.05) is 4.90 Å². The van der Waals surface area contributed by atoms with E-state index in [1.165, 1.54) is 23.1 Å². The molecule has 2 N–H and O–H groups in total. The van der Waals surface area contributed by atoms with Gasteiger partial charge in [-0.3, -0.25) is 14.5 Å². The molecular formula is C30H27F3N2O5. The fraction of sp³-hybridized carbons (Fsp3) is 0.400. The van der Waals surface area contributed by atoms with Crippen molar-refractivity contribution < 1.29 is 37.7 Å². The number of likely N-dealkylation sites (tertiary alicyclic amines) is 1. The summed E-state index contributed by atoms with van der Waals surface area (Å²) in [5, 5.41) is 23.1. The van der Waals surface area contributed by atoms with Gasteiger partial charge >= 0.3 is 6.18 Å². The number of benzene rings is 2. The summed E-state index contributed by atoms with van der Waals surface area (Å²) >= 11 is 0. The Bertz CT molecular complexity index is 1490. The van der Waals surface area contributed by atoms with E-state index < -0.39 is 46.9 Å². The van der Waals surface area contributed by atoms with Gasteiger partial charge in [-0.05, 0) is 55.7 Å². The minimum atomic E-state index is -4.47. The summed E-state index contributed by atoms with van der Waals surface area (Å²) in [6, 6.07) is 5.85. The highest BCUT2D eigenvalue weighted by atomic mass is 19.4. The first-order chi connectivity index (χ1) is 18.9. The summed E-state index contributed by atoms with van der Waals surface area (Å²) in [5.41, 5.74) is -2.18. The lowest BCUT2D eigenvalue weighted by atomic mass is 9.48. The highest BCUT2D eigenvalue weighted by Gasteiger charge is 2.75. The van der Waals surface area contributed by atoms with Crippen molar-refractivity contribution in [2.24, 2.45) is 0 Å². The second kappa shape index (κ2) is 8.85. The lowest BCUT2D eigenvalue weighted by molar-refractivity contribution is -0.185. The fourth-order valence-electron chi connectivity index (χ4n) is 7.33. The van der Waals surface area contributed by atoms with Gasteiger partial charge in [-0.2, -0.15) is 13.2 Å². The quantitative estimate of drug-likeness (QED) is 0.449. The molecule has 0 unspecified atom stereocenters. The molecule has 1 saturated carbocycles. The molecule has 4 aliphatic rings. The van der Waals surface area contributed by atoms with Gasteiger partial charge in [0.1, 0.15) is 17.7 Å². The van der Waals surface area contributed by atoms with Gasteiger partial charge in [0.15, 0.2) is 17.3 Å². The number of nitrogens with zero attached hydrogens (tertiary/aromatic N) is 2. The Hall–Kier alpha value is -3.81. The highest BCUT2D eigenvalue weighted by Crippen LogP contribution is 2.65. The van der Waals surface area contributed by atoms with Crippen molar-refractivity contribution in [1.82, 2.24) is 9.80 Å². The first-order valence-electron chi connectivity index (χ1n) is 13.0. The number of hydrogen-bond acceptors (Lipinski definition) is 6. The summed E-state index contributed by atoms with van der Waals surface area (Å²) in [6.07, 6.45) is -2.57. The van der Waals surface area contributed by atoms with Crippen LogP contribution in [0.5, 0.6) is 11.5 Å². The van der Waals surface area contributed by atoms with Crippen molar-refractivity contribution >= 4 is 11.7 Å². The van der Waals surface area contributed by atoms with Crippen LogP contribution in [0.3, 0.4) is 0 Å². The van der Waals surface area contributed by atoms with Gasteiger partial charge in [-0.15, -0.1) is 6.58 Å². The maximum Gasteiger partial charge on any atom is 0.416 e. The number of carbonyl (C=O) groups excluding carboxylic acids is 2. The molecule has 2 bridgehead atoms. The number of aliphatic hydroxyl groups is 1. The Kier molecular flexibility index (Phi) is 5.84. The lowest BCUT2D eigenvalue weighted by Crippen LogP contribution is -2.79. The molecule has 1 amide bonds. The van der Waals surface area contributed by atoms with Gasteiger partial charge in [0.05, 0.1) is 17.0 Å². The van der Waals surface area contributed by atoms with Crippen LogP contribution in [-0.4, -0.2) is 75.6 Å². The number of hydrogen-bond donors (Lipinski definition) is 2. The van der Waals surface area contributed by atoms with E-state index in [4.69, 9.17) is 4.74 Å². The summed E-state index contributed by atoms with van der Waals surface area (Å²) < 4.78 is 44.9. The number of likely N-dealkylation sites (N-methyl/N-ethyl adjacent to an activating group) is 1. The zero-order valence-corrected chi connectivity index (χ0v) is 21.7. The molecule has 208 valence electrons. The molecule has 0 aromatic heterocycles. The van der Waals surface area contributed by atoms with Crippen LogP contribution in [0.2, 0.25) is 0 Å². The van der Waals surface area contributed by atoms with E-state index in [9.17, 15) is 33.0 Å². The van der Waals surface area contributed by atoms with E-state index in [2.05, 4.69) is 18.4 Å². The number of phenolic OH excluding ortho intramolecular Hbond substituents is 1. The molecule has 7 nitrogen and oxygen atoms in total. The SMILES string of the molecule is C=CCN1CC[C@]23c4c5ccc(O)c4O[C@H]2[C@@H](N(C)C(=O)C#Cc2ccc(C(F)(F)F)cc2)CC[C@@]3(O)[C@H]1C5=O. The third-order valence-corrected chi connectivity index (χ3v) is 9.09. The molecule has 2 aromatic carbocycles. The number of aromatic hydroxyl groups is 1. The molecule has 5 atom stereocenters. The molecule has 2 aliphatic carbocycles. The Morgan fingerprint density at radius 1 is 1.25 bits per heavy atom. The zero-order valence-electron chi connectivity index (χ0n) is 21.7. The second-order valence-corrected chi connectivity index (χ2v) is 10.9. The van der Waals surface area contributed by atoms with Crippen LogP contribution < -0.4 is 4.74 Å². The summed E-state index contributed by atoms with van der Waals surface area (Å²) in [6.45, 7) is 4.70. The topological polar surface area (TPSA) is 90.3 Å². The number of Topliss-reactive ketones (excluding diaryl/α,β-unsaturated/α-hetero) is 1. The summed E-state index contributed by atoms with van der Waals surface area (Å²) in [4.78, 5) is 30.3. The number of carbonyl (C=O) groups is 2. The van der Waals surface area contributed by atoms with Crippen LogP contribution in [0, 0.1) is 11.8 Å². The molecule has 1 saturated heterocycles. The molecule has 2 heterocycles. The standard InChI is InChI=1S/C30H27F3N2O5/c1-3-15-35-16-14-28-23-19-9-10-21(36)25(23)40-27(28)20(12-13-29(28,39)26(35)24(19)38)34(2)22(37)11-6-17-4-7-18(8-5-17)30(31,32)33/h3-5,7-10,20,26-27,36,39H,1,12-16H2,2H3/t20-,26+,27-,28-,29+/m0/s1. The summed E-state index contributed by atoms with van der Waals surface area (Å²) in [7, 11) is 1.57. The van der Waals surface area contributed by atoms with Gasteiger partial charge in [-0.25, -0.2) is 0 Å². The van der Waals surface area contributed by atoms with Crippen LogP contribution in [0.25, 0.3) is 0 Å². The highest BCUT2D eigenvalue weighted by molar-refractivity contribution is 6.06. The molecule has 2 aliphatic heterocycles. The lowest BCUT2D eigenvalue weighted by Gasteiger charge is -2.63. The smallest absolute Gasteiger partial charge is 0.416 e. The molecule has 2 aromatic rings. The van der Waals surface area contributed by atoms with E-state index >= 15 is 0 Å². The number of phenols is 1. The van der Waals surface area contributed by atoms with Crippen molar-refractivity contribution in [3.8, 4) is 23.3 Å². The molecule has 6 rings (SSSR count). The minimum Gasteiger partial charge on any atom is -0.504 e. The predicted molar refractivity (Wildman–Crippen MR) is 138 cm³/mol. The second-order valence-electron chi connectivity index (χ2n) is 10.9. The Morgan fingerprint density at radius 3 is 2.65 bits per heavy atom. The number of ether oxygens (including phenoxy) is 1. The Balaban J connectivity index is 1.36. The van der Waals surface area contributed by atoms with Crippen LogP contribution in [0.1, 0.15) is 46.3 Å². The van der Waals surface area contributed by atoms with E-state index in [0.29, 0.717) is 37.1 Å². The largest absolute Gasteiger partial charge is 0.504 e. The van der Waals surface area contributed by atoms with Gasteiger partial charge in [-0.1, -0.05) is 12.0 Å². The zero-order chi connectivity index (χ0) is 28.6. The fourth-order valence-corrected chi connectivity index (χ4v) is 7.33. The number of ketones is 1. The molecule has 40 heavy (non-hydrogen) atoms. The number of halogens is 3. The first-order valence-corrected chi connectivity index (χ1v) is 13.0.